The quantitative estimate of drug-likeness (QED) is 0.734. The molecule has 112 valence electrons. The van der Waals surface area contributed by atoms with Crippen molar-refractivity contribution in [1.29, 1.82) is 0 Å². The summed E-state index contributed by atoms with van der Waals surface area (Å²) in [6, 6.07) is 1.99. The van der Waals surface area contributed by atoms with E-state index in [4.69, 9.17) is 9.47 Å². The number of nitrogens with one attached hydrogen (secondary N) is 1. The lowest BCUT2D eigenvalue weighted by molar-refractivity contribution is -0.126. The lowest BCUT2D eigenvalue weighted by Gasteiger charge is -2.19. The van der Waals surface area contributed by atoms with E-state index in [2.05, 4.69) is 20.2 Å². The van der Waals surface area contributed by atoms with Gasteiger partial charge in [0.05, 0.1) is 6.54 Å². The second kappa shape index (κ2) is 8.01. The van der Waals surface area contributed by atoms with Crippen molar-refractivity contribution in [2.45, 2.75) is 33.0 Å². The van der Waals surface area contributed by atoms with Gasteiger partial charge < -0.3 is 19.7 Å². The molecule has 0 amide bonds. The van der Waals surface area contributed by atoms with E-state index in [0.717, 1.165) is 24.7 Å². The van der Waals surface area contributed by atoms with Crippen LogP contribution in [0.4, 0.5) is 11.6 Å². The number of anilines is 2. The molecule has 0 saturated carbocycles. The van der Waals surface area contributed by atoms with E-state index in [0.29, 0.717) is 19.8 Å². The van der Waals surface area contributed by atoms with Crippen molar-refractivity contribution in [3.63, 3.8) is 0 Å². The molecule has 1 aliphatic rings. The fraction of sp³-hybridized carbons (Fsp3) is 0.714. The molecule has 0 aromatic carbocycles. The number of hydrogen-bond donors (Lipinski definition) is 1. The molecule has 20 heavy (non-hydrogen) atoms. The van der Waals surface area contributed by atoms with Gasteiger partial charge in [-0.15, -0.1) is 0 Å². The fourth-order valence-corrected chi connectivity index (χ4v) is 2.29. The van der Waals surface area contributed by atoms with Gasteiger partial charge in [0.1, 0.15) is 18.0 Å². The molecule has 0 radical (unpaired) electrons. The molecule has 0 unspecified atom stereocenters. The van der Waals surface area contributed by atoms with Gasteiger partial charge in [-0.05, 0) is 26.7 Å². The Bertz CT molecular complexity index is 391. The van der Waals surface area contributed by atoms with Crippen molar-refractivity contribution >= 4 is 11.6 Å². The maximum Gasteiger partial charge on any atom is 0.174 e. The van der Waals surface area contributed by atoms with Crippen molar-refractivity contribution < 1.29 is 9.47 Å². The zero-order valence-corrected chi connectivity index (χ0v) is 12.3. The molecule has 2 heterocycles. The van der Waals surface area contributed by atoms with Crippen LogP contribution < -0.4 is 10.2 Å². The summed E-state index contributed by atoms with van der Waals surface area (Å²) in [5, 5.41) is 3.25. The summed E-state index contributed by atoms with van der Waals surface area (Å²) in [5.41, 5.74) is 0. The third kappa shape index (κ3) is 4.31. The van der Waals surface area contributed by atoms with E-state index in [9.17, 15) is 0 Å². The van der Waals surface area contributed by atoms with Gasteiger partial charge in [0.2, 0.25) is 0 Å². The van der Waals surface area contributed by atoms with E-state index in [1.807, 2.05) is 19.9 Å². The van der Waals surface area contributed by atoms with E-state index in [1.54, 1.807) is 6.33 Å². The molecular weight excluding hydrogens is 256 g/mol. The number of hydrogen-bond acceptors (Lipinski definition) is 6. The van der Waals surface area contributed by atoms with Crippen molar-refractivity contribution in [2.24, 2.45) is 0 Å². The van der Waals surface area contributed by atoms with Gasteiger partial charge >= 0.3 is 0 Å². The van der Waals surface area contributed by atoms with Gasteiger partial charge in [0.15, 0.2) is 6.29 Å². The van der Waals surface area contributed by atoms with Crippen molar-refractivity contribution in [3.8, 4) is 0 Å². The molecule has 2 rings (SSSR count). The lowest BCUT2D eigenvalue weighted by atomic mass is 10.4. The Balaban J connectivity index is 1.89. The van der Waals surface area contributed by atoms with Crippen LogP contribution in [-0.4, -0.2) is 49.1 Å². The largest absolute Gasteiger partial charge is 0.365 e. The van der Waals surface area contributed by atoms with E-state index < -0.39 is 0 Å². The van der Waals surface area contributed by atoms with Crippen LogP contribution in [0.2, 0.25) is 0 Å². The Kier molecular flexibility index (Phi) is 6.01. The molecule has 0 bridgehead atoms. The Hall–Kier alpha value is -1.40. The first-order chi connectivity index (χ1) is 9.83. The average molecular weight is 280 g/mol. The number of rotatable bonds is 8. The molecule has 0 spiro atoms. The first-order valence-electron chi connectivity index (χ1n) is 7.37. The number of ether oxygens (including phenoxy) is 2. The zero-order chi connectivity index (χ0) is 14.2. The summed E-state index contributed by atoms with van der Waals surface area (Å²) in [6.07, 6.45) is 3.84. The van der Waals surface area contributed by atoms with Crippen LogP contribution in [0.1, 0.15) is 26.7 Å². The minimum absolute atomic E-state index is 0.241. The molecule has 1 fully saturated rings. The molecule has 6 nitrogen and oxygen atoms in total. The summed E-state index contributed by atoms with van der Waals surface area (Å²) in [7, 11) is 0. The molecule has 1 aliphatic heterocycles. The van der Waals surface area contributed by atoms with Crippen LogP contribution in [0.25, 0.3) is 0 Å². The third-order valence-electron chi connectivity index (χ3n) is 3.24. The minimum Gasteiger partial charge on any atom is -0.365 e. The standard InChI is InChI=1S/C14H24N4O2/c1-3-19-14(20-4-2)10-15-12-9-13(17-11-16-12)18-7-5-6-8-18/h9,11,14H,3-8,10H2,1-2H3,(H,15,16,17). The molecule has 1 aromatic heterocycles. The molecule has 0 aliphatic carbocycles. The highest BCUT2D eigenvalue weighted by Crippen LogP contribution is 2.19. The summed E-state index contributed by atoms with van der Waals surface area (Å²) in [4.78, 5) is 10.9. The van der Waals surface area contributed by atoms with E-state index >= 15 is 0 Å². The van der Waals surface area contributed by atoms with Crippen LogP contribution >= 0.6 is 0 Å². The van der Waals surface area contributed by atoms with Crippen LogP contribution in [0, 0.1) is 0 Å². The summed E-state index contributed by atoms with van der Waals surface area (Å²) < 4.78 is 11.0. The Labute approximate surface area is 120 Å². The molecule has 0 atom stereocenters. The van der Waals surface area contributed by atoms with Gasteiger partial charge in [-0.1, -0.05) is 0 Å². The zero-order valence-electron chi connectivity index (χ0n) is 12.3. The highest BCUT2D eigenvalue weighted by molar-refractivity contribution is 5.48. The van der Waals surface area contributed by atoms with Gasteiger partial charge in [0.25, 0.3) is 0 Å². The average Bonchev–Trinajstić information content (AvgIpc) is 3.00. The van der Waals surface area contributed by atoms with E-state index in [1.165, 1.54) is 12.8 Å². The first kappa shape index (κ1) is 15.0. The monoisotopic (exact) mass is 280 g/mol. The molecule has 1 N–H and O–H groups in total. The van der Waals surface area contributed by atoms with E-state index in [-0.39, 0.29) is 6.29 Å². The van der Waals surface area contributed by atoms with Gasteiger partial charge in [0, 0.05) is 32.4 Å². The highest BCUT2D eigenvalue weighted by atomic mass is 16.7. The number of nitrogens with zero attached hydrogens (tertiary/aromatic N) is 3. The van der Waals surface area contributed by atoms with Gasteiger partial charge in [-0.3, -0.25) is 0 Å². The predicted octanol–water partition coefficient (Wildman–Crippen LogP) is 1.89. The van der Waals surface area contributed by atoms with Crippen LogP contribution in [0.15, 0.2) is 12.4 Å². The van der Waals surface area contributed by atoms with Crippen molar-refractivity contribution in [2.75, 3.05) is 43.1 Å². The minimum atomic E-state index is -0.241. The summed E-state index contributed by atoms with van der Waals surface area (Å²) in [5.74, 6) is 1.80. The van der Waals surface area contributed by atoms with Crippen LogP contribution in [0.5, 0.6) is 0 Å². The van der Waals surface area contributed by atoms with Gasteiger partial charge in [-0.2, -0.15) is 0 Å². The number of aromatic nitrogens is 2. The molecular formula is C14H24N4O2. The topological polar surface area (TPSA) is 59.5 Å². The Morgan fingerprint density at radius 2 is 1.90 bits per heavy atom. The molecule has 1 aromatic rings. The summed E-state index contributed by atoms with van der Waals surface area (Å²) in [6.45, 7) is 7.93. The first-order valence-corrected chi connectivity index (χ1v) is 7.37. The SMILES string of the molecule is CCOC(CNc1cc(N2CCCC2)ncn1)OCC. The third-order valence-corrected chi connectivity index (χ3v) is 3.24. The van der Waals surface area contributed by atoms with Gasteiger partial charge in [-0.25, -0.2) is 9.97 Å². The molecule has 6 heteroatoms. The second-order valence-electron chi connectivity index (χ2n) is 4.68. The highest BCUT2D eigenvalue weighted by Gasteiger charge is 2.14. The van der Waals surface area contributed by atoms with Crippen molar-refractivity contribution in [1.82, 2.24) is 9.97 Å². The maximum absolute atomic E-state index is 5.50. The van der Waals surface area contributed by atoms with Crippen LogP contribution in [-0.2, 0) is 9.47 Å². The Morgan fingerprint density at radius 3 is 2.55 bits per heavy atom. The lowest BCUT2D eigenvalue weighted by Crippen LogP contribution is -2.27. The second-order valence-corrected chi connectivity index (χ2v) is 4.68. The maximum atomic E-state index is 5.50. The fourth-order valence-electron chi connectivity index (χ4n) is 2.29. The smallest absolute Gasteiger partial charge is 0.174 e. The Morgan fingerprint density at radius 1 is 1.20 bits per heavy atom. The summed E-state index contributed by atoms with van der Waals surface area (Å²) >= 11 is 0. The normalized spacial score (nSPS) is 15.1. The van der Waals surface area contributed by atoms with Crippen LogP contribution in [0.3, 0.4) is 0 Å². The molecule has 1 saturated heterocycles. The predicted molar refractivity (Wildman–Crippen MR) is 79.0 cm³/mol. The van der Waals surface area contributed by atoms with Crippen molar-refractivity contribution in [3.05, 3.63) is 12.4 Å².